The van der Waals surface area contributed by atoms with Gasteiger partial charge in [0.2, 0.25) is 5.91 Å². The number of carbonyl (C=O) groups is 3. The Balaban J connectivity index is 1.50. The molecule has 0 bridgehead atoms. The lowest BCUT2D eigenvalue weighted by Gasteiger charge is -2.20. The van der Waals surface area contributed by atoms with Crippen molar-refractivity contribution in [2.75, 3.05) is 31.2 Å². The molecule has 0 fully saturated rings. The summed E-state index contributed by atoms with van der Waals surface area (Å²) in [5.41, 5.74) is 4.63. The number of alkyl carbamates (subject to hydrolysis) is 1. The van der Waals surface area contributed by atoms with Crippen molar-refractivity contribution in [3.05, 3.63) is 59.7 Å². The number of carboxylic acid groups (broad SMARTS) is 1. The van der Waals surface area contributed by atoms with Crippen LogP contribution >= 0.6 is 11.8 Å². The molecule has 0 saturated carbocycles. The Morgan fingerprint density at radius 2 is 1.62 bits per heavy atom. The van der Waals surface area contributed by atoms with Gasteiger partial charge in [-0.2, -0.15) is 0 Å². The molecular formula is C26H32N2O5S. The van der Waals surface area contributed by atoms with Crippen LogP contribution in [0.1, 0.15) is 37.3 Å². The number of nitrogens with one attached hydrogen (secondary N) is 2. The number of hydrogen-bond donors (Lipinski definition) is 3. The topological polar surface area (TPSA) is 105 Å². The summed E-state index contributed by atoms with van der Waals surface area (Å²) in [7, 11) is 0. The fraction of sp³-hybridized carbons (Fsp3) is 0.423. The zero-order valence-corrected chi connectivity index (χ0v) is 20.4. The van der Waals surface area contributed by atoms with Crippen molar-refractivity contribution in [3.63, 3.8) is 0 Å². The van der Waals surface area contributed by atoms with Gasteiger partial charge in [0.1, 0.15) is 6.61 Å². The highest BCUT2D eigenvalue weighted by atomic mass is 32.2. The second kappa shape index (κ2) is 12.5. The highest BCUT2D eigenvalue weighted by molar-refractivity contribution is 7.99. The molecule has 1 aliphatic carbocycles. The van der Waals surface area contributed by atoms with E-state index in [1.807, 2.05) is 38.1 Å². The first-order valence-corrected chi connectivity index (χ1v) is 12.7. The second-order valence-electron chi connectivity index (χ2n) is 8.77. The normalized spacial score (nSPS) is 13.1. The summed E-state index contributed by atoms with van der Waals surface area (Å²) in [6.07, 6.45) is 0.0815. The van der Waals surface area contributed by atoms with Crippen molar-refractivity contribution in [2.45, 2.75) is 26.2 Å². The molecule has 2 amide bonds. The quantitative estimate of drug-likeness (QED) is 0.392. The van der Waals surface area contributed by atoms with Crippen LogP contribution in [0, 0.1) is 11.8 Å². The molecule has 8 heteroatoms. The van der Waals surface area contributed by atoms with Crippen LogP contribution in [-0.2, 0) is 14.3 Å². The molecular weight excluding hydrogens is 452 g/mol. The van der Waals surface area contributed by atoms with Gasteiger partial charge in [-0.1, -0.05) is 62.4 Å². The number of carbonyl (C=O) groups excluding carboxylic acids is 2. The Hall–Kier alpha value is -3.00. The molecule has 0 saturated heterocycles. The van der Waals surface area contributed by atoms with E-state index in [1.165, 1.54) is 22.9 Å². The van der Waals surface area contributed by atoms with E-state index in [2.05, 4.69) is 34.9 Å². The summed E-state index contributed by atoms with van der Waals surface area (Å²) in [5.74, 6) is -0.617. The van der Waals surface area contributed by atoms with E-state index >= 15 is 0 Å². The van der Waals surface area contributed by atoms with E-state index in [-0.39, 0.29) is 42.6 Å². The predicted molar refractivity (Wildman–Crippen MR) is 134 cm³/mol. The van der Waals surface area contributed by atoms with Crippen LogP contribution in [0.15, 0.2) is 48.5 Å². The van der Waals surface area contributed by atoms with Gasteiger partial charge in [0.15, 0.2) is 0 Å². The number of aliphatic carboxylic acids is 1. The molecule has 0 radical (unpaired) electrons. The van der Waals surface area contributed by atoms with Crippen molar-refractivity contribution >= 4 is 29.7 Å². The fourth-order valence-corrected chi connectivity index (χ4v) is 4.82. The smallest absolute Gasteiger partial charge is 0.407 e. The van der Waals surface area contributed by atoms with Crippen molar-refractivity contribution in [3.8, 4) is 11.1 Å². The van der Waals surface area contributed by atoms with Gasteiger partial charge in [-0.15, -0.1) is 11.8 Å². The molecule has 1 atom stereocenters. The van der Waals surface area contributed by atoms with E-state index < -0.39 is 12.1 Å². The van der Waals surface area contributed by atoms with Crippen LogP contribution in [0.25, 0.3) is 11.1 Å². The average molecular weight is 485 g/mol. The first-order chi connectivity index (χ1) is 16.4. The molecule has 0 aliphatic heterocycles. The first-order valence-electron chi connectivity index (χ1n) is 11.5. The SMILES string of the molecule is CC(C)CC(CNC(=O)OCC1c2ccccc2-c2ccccc21)C(=O)NCCSCC(=O)O. The maximum atomic E-state index is 12.6. The maximum absolute atomic E-state index is 12.6. The lowest BCUT2D eigenvalue weighted by atomic mass is 9.96. The number of amides is 2. The van der Waals surface area contributed by atoms with Crippen LogP contribution < -0.4 is 10.6 Å². The third-order valence-electron chi connectivity index (χ3n) is 5.73. The van der Waals surface area contributed by atoms with Crippen LogP contribution in [0.3, 0.4) is 0 Å². The predicted octanol–water partition coefficient (Wildman–Crippen LogP) is 4.12. The number of thioether (sulfide) groups is 1. The molecule has 2 aromatic carbocycles. The van der Waals surface area contributed by atoms with Gasteiger partial charge >= 0.3 is 12.1 Å². The summed E-state index contributed by atoms with van der Waals surface area (Å²) in [4.78, 5) is 35.7. The highest BCUT2D eigenvalue weighted by Gasteiger charge is 2.29. The molecule has 3 N–H and O–H groups in total. The molecule has 0 heterocycles. The van der Waals surface area contributed by atoms with Crippen molar-refractivity contribution in [2.24, 2.45) is 11.8 Å². The second-order valence-corrected chi connectivity index (χ2v) is 9.88. The monoisotopic (exact) mass is 484 g/mol. The molecule has 34 heavy (non-hydrogen) atoms. The largest absolute Gasteiger partial charge is 0.481 e. The van der Waals surface area contributed by atoms with Gasteiger partial charge in [0.05, 0.1) is 11.7 Å². The minimum atomic E-state index is -0.874. The molecule has 0 aromatic heterocycles. The Kier molecular flexibility index (Phi) is 9.39. The molecule has 1 unspecified atom stereocenters. The molecule has 2 aromatic rings. The van der Waals surface area contributed by atoms with E-state index in [0.29, 0.717) is 18.7 Å². The number of benzene rings is 2. The standard InChI is InChI=1S/C26H32N2O5S/c1-17(2)13-18(25(31)27-11-12-34-16-24(29)30)14-28-26(32)33-15-23-21-9-5-3-7-19(21)20-8-4-6-10-22(20)23/h3-10,17-18,23H,11-16H2,1-2H3,(H,27,31)(H,28,32)(H,29,30). The Bertz CT molecular complexity index is 965. The Morgan fingerprint density at radius 3 is 2.21 bits per heavy atom. The number of fused-ring (bicyclic) bond motifs is 3. The van der Waals surface area contributed by atoms with E-state index in [9.17, 15) is 14.4 Å². The van der Waals surface area contributed by atoms with Gasteiger partial charge < -0.3 is 20.5 Å². The van der Waals surface area contributed by atoms with Crippen molar-refractivity contribution in [1.82, 2.24) is 10.6 Å². The average Bonchev–Trinajstić information content (AvgIpc) is 3.13. The number of rotatable bonds is 12. The van der Waals surface area contributed by atoms with E-state index in [1.54, 1.807) is 0 Å². The molecule has 7 nitrogen and oxygen atoms in total. The Morgan fingerprint density at radius 1 is 1.00 bits per heavy atom. The number of carboxylic acids is 1. The van der Waals surface area contributed by atoms with Crippen molar-refractivity contribution < 1.29 is 24.2 Å². The third-order valence-corrected chi connectivity index (χ3v) is 6.68. The summed E-state index contributed by atoms with van der Waals surface area (Å²) in [5, 5.41) is 14.3. The lowest BCUT2D eigenvalue weighted by molar-refractivity contribution is -0.134. The Labute approximate surface area is 204 Å². The van der Waals surface area contributed by atoms with Crippen LogP contribution in [0.4, 0.5) is 4.79 Å². The van der Waals surface area contributed by atoms with Crippen LogP contribution in [-0.4, -0.2) is 54.3 Å². The lowest BCUT2D eigenvalue weighted by Crippen LogP contribution is -2.40. The minimum absolute atomic E-state index is 0.00856. The van der Waals surface area contributed by atoms with Crippen molar-refractivity contribution in [1.29, 1.82) is 0 Å². The maximum Gasteiger partial charge on any atom is 0.407 e. The van der Waals surface area contributed by atoms with E-state index in [0.717, 1.165) is 11.1 Å². The number of ether oxygens (including phenoxy) is 1. The van der Waals surface area contributed by atoms with Gasteiger partial charge in [0.25, 0.3) is 0 Å². The molecule has 0 spiro atoms. The zero-order valence-electron chi connectivity index (χ0n) is 19.6. The summed E-state index contributed by atoms with van der Waals surface area (Å²) >= 11 is 1.25. The van der Waals surface area contributed by atoms with Gasteiger partial charge in [-0.25, -0.2) is 4.79 Å². The summed E-state index contributed by atoms with van der Waals surface area (Å²) < 4.78 is 5.57. The van der Waals surface area contributed by atoms with Crippen LogP contribution in [0.5, 0.6) is 0 Å². The fourth-order valence-electron chi connectivity index (χ4n) is 4.26. The number of hydrogen-bond acceptors (Lipinski definition) is 5. The molecule has 1 aliphatic rings. The minimum Gasteiger partial charge on any atom is -0.481 e. The van der Waals surface area contributed by atoms with Gasteiger partial charge in [0, 0.05) is 24.8 Å². The zero-order chi connectivity index (χ0) is 24.5. The third kappa shape index (κ3) is 7.00. The first kappa shape index (κ1) is 25.6. The summed E-state index contributed by atoms with van der Waals surface area (Å²) in [6.45, 7) is 4.84. The van der Waals surface area contributed by atoms with Gasteiger partial charge in [-0.05, 0) is 34.6 Å². The molecule has 182 valence electrons. The van der Waals surface area contributed by atoms with Crippen LogP contribution in [0.2, 0.25) is 0 Å². The molecule has 3 rings (SSSR count). The summed E-state index contributed by atoms with van der Waals surface area (Å²) in [6, 6.07) is 16.3. The highest BCUT2D eigenvalue weighted by Crippen LogP contribution is 2.44. The van der Waals surface area contributed by atoms with E-state index in [4.69, 9.17) is 9.84 Å². The van der Waals surface area contributed by atoms with Gasteiger partial charge in [-0.3, -0.25) is 9.59 Å².